The van der Waals surface area contributed by atoms with Crippen LogP contribution in [0.25, 0.3) is 0 Å². The normalized spacial score (nSPS) is 21.9. The van der Waals surface area contributed by atoms with E-state index < -0.39 is 0 Å². The quantitative estimate of drug-likeness (QED) is 0.907. The zero-order valence-electron chi connectivity index (χ0n) is 12.0. The number of nitrogens with zero attached hydrogens (tertiary/aromatic N) is 1. The van der Waals surface area contributed by atoms with E-state index in [-0.39, 0.29) is 5.91 Å². The molecule has 1 saturated heterocycles. The van der Waals surface area contributed by atoms with Crippen LogP contribution in [0.4, 0.5) is 0 Å². The predicted octanol–water partition coefficient (Wildman–Crippen LogP) is 1.44. The Bertz CT molecular complexity index is 501. The van der Waals surface area contributed by atoms with Crippen molar-refractivity contribution in [2.24, 2.45) is 5.92 Å². The number of nitrogens with one attached hydrogen (secondary N) is 1. The zero-order chi connectivity index (χ0) is 13.9. The Hall–Kier alpha value is -1.39. The number of carbonyl (C=O) groups excluding carboxylic acids is 1. The summed E-state index contributed by atoms with van der Waals surface area (Å²) in [6, 6.07) is 6.11. The number of amides is 1. The number of ether oxygens (including phenoxy) is 1. The minimum absolute atomic E-state index is 0.197. The third-order valence-corrected chi connectivity index (χ3v) is 4.35. The van der Waals surface area contributed by atoms with E-state index >= 15 is 0 Å². The van der Waals surface area contributed by atoms with Gasteiger partial charge in [-0.25, -0.2) is 0 Å². The largest absolute Gasteiger partial charge is 0.384 e. The highest BCUT2D eigenvalue weighted by atomic mass is 16.5. The van der Waals surface area contributed by atoms with Crippen LogP contribution in [0.2, 0.25) is 0 Å². The van der Waals surface area contributed by atoms with Crippen molar-refractivity contribution < 1.29 is 9.53 Å². The minimum Gasteiger partial charge on any atom is -0.384 e. The van der Waals surface area contributed by atoms with E-state index in [1.54, 1.807) is 7.11 Å². The predicted molar refractivity (Wildman–Crippen MR) is 77.7 cm³/mol. The second-order valence-corrected chi connectivity index (χ2v) is 5.73. The molecule has 0 radical (unpaired) electrons. The first-order valence-corrected chi connectivity index (χ1v) is 7.39. The Balaban J connectivity index is 1.78. The lowest BCUT2D eigenvalue weighted by molar-refractivity contribution is 0.0774. The Kier molecular flexibility index (Phi) is 4.03. The Morgan fingerprint density at radius 3 is 3.25 bits per heavy atom. The Labute approximate surface area is 120 Å². The molecule has 1 aromatic rings. The van der Waals surface area contributed by atoms with Crippen LogP contribution in [0.15, 0.2) is 18.2 Å². The zero-order valence-corrected chi connectivity index (χ0v) is 12.0. The summed E-state index contributed by atoms with van der Waals surface area (Å²) in [6.45, 7) is 4.27. The lowest BCUT2D eigenvalue weighted by atomic mass is 9.95. The summed E-state index contributed by atoms with van der Waals surface area (Å²) in [5.41, 5.74) is 3.42. The maximum absolute atomic E-state index is 12.7. The second kappa shape index (κ2) is 5.94. The first-order valence-electron chi connectivity index (χ1n) is 7.39. The lowest BCUT2D eigenvalue weighted by Crippen LogP contribution is -2.32. The van der Waals surface area contributed by atoms with Gasteiger partial charge in [-0.3, -0.25) is 4.79 Å². The van der Waals surface area contributed by atoms with Crippen LogP contribution in [0.3, 0.4) is 0 Å². The number of carbonyl (C=O) groups is 1. The molecule has 1 fully saturated rings. The van der Waals surface area contributed by atoms with Crippen LogP contribution < -0.4 is 5.32 Å². The van der Waals surface area contributed by atoms with Gasteiger partial charge in [0.1, 0.15) is 0 Å². The monoisotopic (exact) mass is 274 g/mol. The molecule has 4 nitrogen and oxygen atoms in total. The van der Waals surface area contributed by atoms with Crippen molar-refractivity contribution in [3.8, 4) is 0 Å². The summed E-state index contributed by atoms with van der Waals surface area (Å²) in [4.78, 5) is 14.7. The van der Waals surface area contributed by atoms with Crippen molar-refractivity contribution in [3.05, 3.63) is 34.9 Å². The van der Waals surface area contributed by atoms with Crippen molar-refractivity contribution in [3.63, 3.8) is 0 Å². The van der Waals surface area contributed by atoms with Gasteiger partial charge in [0.25, 0.3) is 5.91 Å². The van der Waals surface area contributed by atoms with Crippen LogP contribution >= 0.6 is 0 Å². The lowest BCUT2D eigenvalue weighted by Gasteiger charge is -2.23. The molecule has 1 aromatic carbocycles. The molecule has 0 bridgehead atoms. The van der Waals surface area contributed by atoms with Crippen molar-refractivity contribution in [1.29, 1.82) is 0 Å². The number of likely N-dealkylation sites (tertiary alicyclic amines) is 1. The molecular weight excluding hydrogens is 252 g/mol. The summed E-state index contributed by atoms with van der Waals surface area (Å²) < 4.78 is 5.20. The van der Waals surface area contributed by atoms with Crippen LogP contribution in [0, 0.1) is 5.92 Å². The van der Waals surface area contributed by atoms with Crippen LogP contribution in [0.5, 0.6) is 0 Å². The van der Waals surface area contributed by atoms with E-state index in [2.05, 4.69) is 11.4 Å². The molecule has 0 aromatic heterocycles. The highest BCUT2D eigenvalue weighted by Gasteiger charge is 2.28. The van der Waals surface area contributed by atoms with Gasteiger partial charge in [0, 0.05) is 38.2 Å². The fourth-order valence-corrected chi connectivity index (χ4v) is 3.29. The third kappa shape index (κ3) is 2.58. The molecule has 4 heteroatoms. The van der Waals surface area contributed by atoms with Gasteiger partial charge in [0.05, 0.1) is 6.61 Å². The van der Waals surface area contributed by atoms with Gasteiger partial charge in [-0.1, -0.05) is 12.1 Å². The van der Waals surface area contributed by atoms with E-state index in [9.17, 15) is 4.79 Å². The van der Waals surface area contributed by atoms with Gasteiger partial charge in [-0.15, -0.1) is 0 Å². The number of rotatable bonds is 3. The van der Waals surface area contributed by atoms with Gasteiger partial charge in [0.15, 0.2) is 0 Å². The molecule has 1 amide bonds. The fourth-order valence-electron chi connectivity index (χ4n) is 3.29. The van der Waals surface area contributed by atoms with E-state index in [1.165, 1.54) is 11.1 Å². The molecule has 108 valence electrons. The molecule has 1 N–H and O–H groups in total. The van der Waals surface area contributed by atoms with Crippen molar-refractivity contribution >= 4 is 5.91 Å². The first kappa shape index (κ1) is 13.6. The van der Waals surface area contributed by atoms with Gasteiger partial charge < -0.3 is 15.0 Å². The molecule has 0 saturated carbocycles. The maximum Gasteiger partial charge on any atom is 0.254 e. The van der Waals surface area contributed by atoms with Crippen molar-refractivity contribution in [2.75, 3.05) is 33.4 Å². The molecule has 2 aliphatic rings. The number of benzene rings is 1. The number of fused-ring (bicyclic) bond motifs is 1. The number of hydrogen-bond acceptors (Lipinski definition) is 3. The molecular formula is C16H22N2O2. The van der Waals surface area contributed by atoms with E-state index in [0.29, 0.717) is 5.92 Å². The van der Waals surface area contributed by atoms with E-state index in [0.717, 1.165) is 51.2 Å². The third-order valence-electron chi connectivity index (χ3n) is 4.35. The topological polar surface area (TPSA) is 41.6 Å². The van der Waals surface area contributed by atoms with E-state index in [4.69, 9.17) is 4.74 Å². The Morgan fingerprint density at radius 2 is 2.40 bits per heavy atom. The second-order valence-electron chi connectivity index (χ2n) is 5.73. The summed E-state index contributed by atoms with van der Waals surface area (Å²) in [6.07, 6.45) is 2.00. The molecule has 2 aliphatic heterocycles. The summed E-state index contributed by atoms with van der Waals surface area (Å²) in [5.74, 6) is 0.688. The molecule has 0 spiro atoms. The summed E-state index contributed by atoms with van der Waals surface area (Å²) >= 11 is 0. The summed E-state index contributed by atoms with van der Waals surface area (Å²) in [5, 5.41) is 3.36. The van der Waals surface area contributed by atoms with Crippen molar-refractivity contribution in [1.82, 2.24) is 10.2 Å². The maximum atomic E-state index is 12.7. The number of methoxy groups -OCH3 is 1. The highest BCUT2D eigenvalue weighted by Crippen LogP contribution is 2.23. The Morgan fingerprint density at radius 1 is 1.50 bits per heavy atom. The standard InChI is InChI=1S/C16H22N2O2/c1-20-11-12-6-8-18(10-12)16(19)15-4-2-3-13-9-17-7-5-14(13)15/h2-4,12,17H,5-11H2,1H3. The first-order chi connectivity index (χ1) is 9.79. The van der Waals surface area contributed by atoms with Gasteiger partial charge in [-0.2, -0.15) is 0 Å². The smallest absolute Gasteiger partial charge is 0.254 e. The highest BCUT2D eigenvalue weighted by molar-refractivity contribution is 5.96. The van der Waals surface area contributed by atoms with Crippen LogP contribution in [0.1, 0.15) is 27.9 Å². The SMILES string of the molecule is COCC1CCN(C(=O)c2cccc3c2CCNC3)C1. The van der Waals surface area contributed by atoms with Gasteiger partial charge in [0.2, 0.25) is 0 Å². The fraction of sp³-hybridized carbons (Fsp3) is 0.562. The molecule has 3 rings (SSSR count). The van der Waals surface area contributed by atoms with Crippen LogP contribution in [-0.4, -0.2) is 44.2 Å². The van der Waals surface area contributed by atoms with Gasteiger partial charge >= 0.3 is 0 Å². The van der Waals surface area contributed by atoms with E-state index in [1.807, 2.05) is 17.0 Å². The molecule has 1 unspecified atom stereocenters. The molecule has 20 heavy (non-hydrogen) atoms. The van der Waals surface area contributed by atoms with Crippen LogP contribution in [-0.2, 0) is 17.7 Å². The minimum atomic E-state index is 0.197. The average Bonchev–Trinajstić information content (AvgIpc) is 2.95. The number of hydrogen-bond donors (Lipinski definition) is 1. The summed E-state index contributed by atoms with van der Waals surface area (Å²) in [7, 11) is 1.73. The molecule has 2 heterocycles. The average molecular weight is 274 g/mol. The van der Waals surface area contributed by atoms with Crippen molar-refractivity contribution in [2.45, 2.75) is 19.4 Å². The van der Waals surface area contributed by atoms with Gasteiger partial charge in [-0.05, 0) is 36.6 Å². The molecule has 1 atom stereocenters. The molecule has 0 aliphatic carbocycles.